The van der Waals surface area contributed by atoms with Crippen molar-refractivity contribution in [1.82, 2.24) is 10.2 Å². The molecule has 11 nitrogen and oxygen atoms in total. The molecule has 2 unspecified atom stereocenters. The van der Waals surface area contributed by atoms with E-state index >= 15 is 0 Å². The monoisotopic (exact) mass is 638 g/mol. The van der Waals surface area contributed by atoms with Crippen LogP contribution in [0.4, 0.5) is 18.9 Å². The van der Waals surface area contributed by atoms with E-state index in [2.05, 4.69) is 10.6 Å². The van der Waals surface area contributed by atoms with Crippen molar-refractivity contribution in [1.29, 1.82) is 0 Å². The van der Waals surface area contributed by atoms with Crippen LogP contribution in [0.2, 0.25) is 0 Å². The highest BCUT2D eigenvalue weighted by molar-refractivity contribution is 7.99. The van der Waals surface area contributed by atoms with Crippen LogP contribution in [0.25, 0.3) is 0 Å². The fourth-order valence-electron chi connectivity index (χ4n) is 4.65. The summed E-state index contributed by atoms with van der Waals surface area (Å²) in [6.07, 6.45) is -4.54. The molecular formula is C28H38BF3N6O5S. The van der Waals surface area contributed by atoms with Crippen molar-refractivity contribution in [2.24, 2.45) is 17.2 Å². The lowest BCUT2D eigenvalue weighted by atomic mass is 9.78. The van der Waals surface area contributed by atoms with Gasteiger partial charge in [0.05, 0.1) is 17.2 Å². The van der Waals surface area contributed by atoms with E-state index in [1.165, 1.54) is 17.0 Å². The van der Waals surface area contributed by atoms with Gasteiger partial charge in [-0.3, -0.25) is 14.4 Å². The van der Waals surface area contributed by atoms with E-state index in [0.29, 0.717) is 29.1 Å². The summed E-state index contributed by atoms with van der Waals surface area (Å²) in [4.78, 5) is 40.9. The Morgan fingerprint density at radius 2 is 1.70 bits per heavy atom. The van der Waals surface area contributed by atoms with Crippen LogP contribution in [0.15, 0.2) is 47.4 Å². The molecule has 240 valence electrons. The first-order valence-electron chi connectivity index (χ1n) is 14.0. The summed E-state index contributed by atoms with van der Waals surface area (Å²) in [5.74, 6) is -1.61. The maximum atomic E-state index is 13.4. The van der Waals surface area contributed by atoms with Crippen molar-refractivity contribution < 1.29 is 37.2 Å². The Labute approximate surface area is 258 Å². The van der Waals surface area contributed by atoms with Crippen LogP contribution in [0.1, 0.15) is 37.8 Å². The van der Waals surface area contributed by atoms with E-state index in [1.807, 2.05) is 0 Å². The topological polar surface area (TPSA) is 186 Å². The van der Waals surface area contributed by atoms with Gasteiger partial charge in [-0.25, -0.2) is 0 Å². The minimum atomic E-state index is -4.49. The largest absolute Gasteiger partial charge is 0.492 e. The number of nitrogens with one attached hydrogen (secondary N) is 2. The maximum Gasteiger partial charge on any atom is 0.492 e. The van der Waals surface area contributed by atoms with Crippen molar-refractivity contribution in [3.63, 3.8) is 0 Å². The molecule has 0 saturated heterocycles. The Bertz CT molecular complexity index is 1310. The average molecular weight is 639 g/mol. The molecule has 0 radical (unpaired) electrons. The standard InChI is InChI=1S/C28H38BF3N6O5S/c1-27(2)20-8-5-18(15-21(20)29(42)43-27)36-26(41)23(16-44-19-6-3-17(4-7-19)28(30,31)32)37-25(40)22(35)9-10-24(39)38(13-11-33)14-12-34/h3-8,15,22-23,42H,9-14,16,33-35H2,1-2H3,(H,36,41)(H,37,40). The Hall–Kier alpha value is -3.15. The molecule has 0 aromatic heterocycles. The third-order valence-corrected chi connectivity index (χ3v) is 8.13. The molecule has 0 aliphatic carbocycles. The van der Waals surface area contributed by atoms with Gasteiger partial charge in [0.1, 0.15) is 6.04 Å². The summed E-state index contributed by atoms with van der Waals surface area (Å²) in [7, 11) is -1.19. The molecule has 0 saturated carbocycles. The number of rotatable bonds is 14. The van der Waals surface area contributed by atoms with Crippen molar-refractivity contribution in [2.75, 3.05) is 37.2 Å². The molecule has 3 rings (SSSR count). The number of halogens is 3. The summed E-state index contributed by atoms with van der Waals surface area (Å²) in [6, 6.07) is 7.05. The third-order valence-electron chi connectivity index (χ3n) is 7.03. The number of carbonyl (C=O) groups is 3. The van der Waals surface area contributed by atoms with Gasteiger partial charge in [0.15, 0.2) is 0 Å². The van der Waals surface area contributed by atoms with Gasteiger partial charge in [-0.2, -0.15) is 13.2 Å². The number of hydrogen-bond donors (Lipinski definition) is 6. The fourth-order valence-corrected chi connectivity index (χ4v) is 5.57. The normalized spacial score (nSPS) is 15.3. The van der Waals surface area contributed by atoms with Crippen LogP contribution in [-0.2, 0) is 30.8 Å². The predicted octanol–water partition coefficient (Wildman–Crippen LogP) is 0.727. The second-order valence-electron chi connectivity index (χ2n) is 10.8. The molecule has 9 N–H and O–H groups in total. The van der Waals surface area contributed by atoms with Gasteiger partial charge in [0.25, 0.3) is 0 Å². The van der Waals surface area contributed by atoms with Crippen LogP contribution in [0.5, 0.6) is 0 Å². The second kappa shape index (κ2) is 15.2. The van der Waals surface area contributed by atoms with Crippen LogP contribution in [-0.4, -0.2) is 78.8 Å². The lowest BCUT2D eigenvalue weighted by molar-refractivity contribution is -0.137. The molecule has 2 aromatic carbocycles. The number of nitrogens with two attached hydrogens (primary N) is 3. The molecule has 2 atom stereocenters. The predicted molar refractivity (Wildman–Crippen MR) is 163 cm³/mol. The summed E-state index contributed by atoms with van der Waals surface area (Å²) >= 11 is 1.07. The van der Waals surface area contributed by atoms with Crippen molar-refractivity contribution in [3.05, 3.63) is 53.6 Å². The molecule has 1 aliphatic rings. The Kier molecular flexibility index (Phi) is 12.2. The van der Waals surface area contributed by atoms with Gasteiger partial charge < -0.3 is 42.4 Å². The van der Waals surface area contributed by atoms with Gasteiger partial charge in [0, 0.05) is 48.9 Å². The molecule has 3 amide bonds. The molecule has 1 heterocycles. The highest BCUT2D eigenvalue weighted by Gasteiger charge is 2.40. The van der Waals surface area contributed by atoms with Gasteiger partial charge in [0.2, 0.25) is 17.7 Å². The van der Waals surface area contributed by atoms with Crippen LogP contribution in [0, 0.1) is 0 Å². The van der Waals surface area contributed by atoms with Crippen molar-refractivity contribution >= 4 is 47.8 Å². The van der Waals surface area contributed by atoms with E-state index in [-0.39, 0.29) is 37.6 Å². The van der Waals surface area contributed by atoms with Crippen molar-refractivity contribution in [3.8, 4) is 0 Å². The number of amides is 3. The molecule has 0 fully saturated rings. The summed E-state index contributed by atoms with van der Waals surface area (Å²) in [5.41, 5.74) is 17.2. The SMILES string of the molecule is CC1(C)OB(O)c2cc(NC(=O)C(CSc3ccc(C(F)(F)F)cc3)NC(=O)C(N)CCC(=O)N(CCN)CCN)ccc21. The minimum absolute atomic E-state index is 0.00477. The maximum absolute atomic E-state index is 13.4. The van der Waals surface area contributed by atoms with E-state index < -0.39 is 48.4 Å². The van der Waals surface area contributed by atoms with Crippen LogP contribution in [0.3, 0.4) is 0 Å². The zero-order valence-electron chi connectivity index (χ0n) is 24.5. The zero-order valence-corrected chi connectivity index (χ0v) is 25.3. The van der Waals surface area contributed by atoms with Gasteiger partial charge >= 0.3 is 13.3 Å². The van der Waals surface area contributed by atoms with Crippen LogP contribution < -0.4 is 33.3 Å². The van der Waals surface area contributed by atoms with Crippen LogP contribution >= 0.6 is 11.8 Å². The number of thioether (sulfide) groups is 1. The first-order chi connectivity index (χ1) is 20.7. The summed E-state index contributed by atoms with van der Waals surface area (Å²) in [5, 5.41) is 15.6. The van der Waals surface area contributed by atoms with Gasteiger partial charge in [-0.1, -0.05) is 6.07 Å². The molecular weight excluding hydrogens is 600 g/mol. The first-order valence-corrected chi connectivity index (χ1v) is 15.0. The summed E-state index contributed by atoms with van der Waals surface area (Å²) in [6.45, 7) is 4.72. The van der Waals surface area contributed by atoms with Gasteiger partial charge in [-0.05, 0) is 67.7 Å². The Morgan fingerprint density at radius 3 is 2.30 bits per heavy atom. The number of benzene rings is 2. The van der Waals surface area contributed by atoms with Gasteiger partial charge in [-0.15, -0.1) is 11.8 Å². The van der Waals surface area contributed by atoms with E-state index in [4.69, 9.17) is 21.9 Å². The zero-order chi connectivity index (χ0) is 32.7. The Balaban J connectivity index is 1.72. The lowest BCUT2D eigenvalue weighted by Crippen LogP contribution is -2.51. The number of alkyl halides is 3. The highest BCUT2D eigenvalue weighted by atomic mass is 32.2. The Morgan fingerprint density at radius 1 is 1.07 bits per heavy atom. The lowest BCUT2D eigenvalue weighted by Gasteiger charge is -2.23. The number of hydrogen-bond acceptors (Lipinski definition) is 9. The molecule has 0 bridgehead atoms. The molecule has 0 spiro atoms. The minimum Gasteiger partial charge on any atom is -0.423 e. The fraction of sp³-hybridized carbons (Fsp3) is 0.464. The highest BCUT2D eigenvalue weighted by Crippen LogP contribution is 2.32. The number of fused-ring (bicyclic) bond motifs is 1. The first kappa shape index (κ1) is 35.3. The second-order valence-corrected chi connectivity index (χ2v) is 11.9. The van der Waals surface area contributed by atoms with E-state index in [1.54, 1.807) is 32.0 Å². The third kappa shape index (κ3) is 9.43. The van der Waals surface area contributed by atoms with E-state index in [9.17, 15) is 32.6 Å². The quantitative estimate of drug-likeness (QED) is 0.128. The molecule has 2 aromatic rings. The molecule has 16 heteroatoms. The molecule has 1 aliphatic heterocycles. The number of carbonyl (C=O) groups excluding carboxylic acids is 3. The summed E-state index contributed by atoms with van der Waals surface area (Å²) < 4.78 is 44.5. The van der Waals surface area contributed by atoms with E-state index in [0.717, 1.165) is 29.5 Å². The smallest absolute Gasteiger partial charge is 0.423 e. The average Bonchev–Trinajstić information content (AvgIpc) is 3.20. The number of anilines is 1. The molecule has 44 heavy (non-hydrogen) atoms. The number of nitrogens with zero attached hydrogens (tertiary/aromatic N) is 1. The van der Waals surface area contributed by atoms with Crippen molar-refractivity contribution in [2.45, 2.75) is 55.4 Å².